The molecule has 6 aliphatic carbocycles. The third kappa shape index (κ3) is 6.40. The Morgan fingerprint density at radius 3 is 2.03 bits per heavy atom. The molecule has 1 atom stereocenters. The Labute approximate surface area is 240 Å². The number of rotatable bonds is 1. The summed E-state index contributed by atoms with van der Waals surface area (Å²) in [4.78, 5) is 0. The Morgan fingerprint density at radius 1 is 0.886 bits per heavy atom. The predicted molar refractivity (Wildman–Crippen MR) is 136 cm³/mol. The van der Waals surface area contributed by atoms with Crippen molar-refractivity contribution < 1.29 is 49.0 Å². The van der Waals surface area contributed by atoms with E-state index in [-0.39, 0.29) is 24.8 Å². The van der Waals surface area contributed by atoms with E-state index in [1.165, 1.54) is 44.7 Å². The number of halogens is 2. The van der Waals surface area contributed by atoms with Crippen LogP contribution < -0.4 is 24.8 Å². The standard InChI is InChI=1S/C16H21.C13H9.C3H6.2ClH.Zr/c1-11-2-3-15(4-11)16-8-12-5-13(9-16)7-14(6-12)10-16;1-3-7-12-10(5-1)9-11-6-2-4-8-13(11)12;1-3-2;;;/h3-4,11-14H,5-10H2,1H3;1-5,7-8H,9H2;1-2H3;2*1H;/q2*-1;;;;+2/p-2. The van der Waals surface area contributed by atoms with E-state index in [2.05, 4.69) is 81.5 Å². The zero-order valence-corrected chi connectivity index (χ0v) is 25.2. The normalized spacial score (nSPS) is 29.8. The summed E-state index contributed by atoms with van der Waals surface area (Å²) in [5.41, 5.74) is 7.78. The first-order valence-corrected chi connectivity index (χ1v) is 14.1. The van der Waals surface area contributed by atoms with Crippen LogP contribution in [0.15, 0.2) is 60.2 Å². The molecule has 0 heterocycles. The van der Waals surface area contributed by atoms with Crippen LogP contribution in [0.25, 0.3) is 11.1 Å². The average molecular weight is 583 g/mol. The van der Waals surface area contributed by atoms with Gasteiger partial charge >= 0.3 is 41.3 Å². The van der Waals surface area contributed by atoms with Gasteiger partial charge in [-0.2, -0.15) is 41.5 Å². The molecule has 1 unspecified atom stereocenters. The molecular formula is C32H36Cl2Zr-2. The largest absolute Gasteiger partial charge is 1.00 e. The number of benzene rings is 2. The molecule has 4 saturated carbocycles. The molecule has 35 heavy (non-hydrogen) atoms. The van der Waals surface area contributed by atoms with Gasteiger partial charge in [0.15, 0.2) is 0 Å². The maximum atomic E-state index is 3.48. The zero-order valence-electron chi connectivity index (χ0n) is 21.2. The van der Waals surface area contributed by atoms with Crippen LogP contribution in [-0.2, 0) is 30.7 Å². The second kappa shape index (κ2) is 12.2. The number of hydrogen-bond donors (Lipinski definition) is 0. The van der Waals surface area contributed by atoms with Gasteiger partial charge in [0.05, 0.1) is 0 Å². The molecule has 184 valence electrons. The molecule has 0 aromatic heterocycles. The van der Waals surface area contributed by atoms with Crippen molar-refractivity contribution in [2.45, 2.75) is 65.7 Å². The minimum atomic E-state index is 0. The van der Waals surface area contributed by atoms with E-state index in [0.717, 1.165) is 24.2 Å². The van der Waals surface area contributed by atoms with E-state index < -0.39 is 0 Å². The first-order valence-electron chi connectivity index (χ1n) is 12.8. The van der Waals surface area contributed by atoms with Crippen molar-refractivity contribution in [3.63, 3.8) is 0 Å². The zero-order chi connectivity index (χ0) is 23.0. The summed E-state index contributed by atoms with van der Waals surface area (Å²) in [6.45, 7) is 6.51. The van der Waals surface area contributed by atoms with Crippen LogP contribution in [0.3, 0.4) is 0 Å². The molecule has 4 bridgehead atoms. The van der Waals surface area contributed by atoms with Crippen LogP contribution in [-0.4, -0.2) is 3.21 Å². The summed E-state index contributed by atoms with van der Waals surface area (Å²) in [5.74, 6) is 3.77. The van der Waals surface area contributed by atoms with Crippen LogP contribution in [0.1, 0.15) is 70.4 Å². The van der Waals surface area contributed by atoms with Crippen molar-refractivity contribution in [3.8, 4) is 11.1 Å². The summed E-state index contributed by atoms with van der Waals surface area (Å²) in [6, 6.07) is 18.1. The monoisotopic (exact) mass is 580 g/mol. The van der Waals surface area contributed by atoms with Gasteiger partial charge in [-0.1, -0.05) is 72.9 Å². The second-order valence-electron chi connectivity index (χ2n) is 11.3. The van der Waals surface area contributed by atoms with Crippen LogP contribution in [0.2, 0.25) is 0 Å². The molecule has 0 radical (unpaired) electrons. The molecule has 8 rings (SSSR count). The number of hydrogen-bond acceptors (Lipinski definition) is 0. The molecule has 0 amide bonds. The van der Waals surface area contributed by atoms with Crippen LogP contribution in [0.5, 0.6) is 0 Å². The number of allylic oxidation sites excluding steroid dienone is 4. The smallest absolute Gasteiger partial charge is 0.0253 e. The fourth-order valence-electron chi connectivity index (χ4n) is 7.38. The van der Waals surface area contributed by atoms with Crippen molar-refractivity contribution in [3.05, 3.63) is 83.5 Å². The van der Waals surface area contributed by atoms with E-state index >= 15 is 0 Å². The molecule has 0 spiro atoms. The fourth-order valence-corrected chi connectivity index (χ4v) is 7.38. The Kier molecular flexibility index (Phi) is 10.0. The third-order valence-corrected chi connectivity index (χ3v) is 8.20. The Hall–Kier alpha value is -0.747. The van der Waals surface area contributed by atoms with Crippen molar-refractivity contribution >= 4 is 3.21 Å². The summed E-state index contributed by atoms with van der Waals surface area (Å²) >= 11 is 1.55. The van der Waals surface area contributed by atoms with Gasteiger partial charge in [-0.05, 0) is 43.4 Å². The topological polar surface area (TPSA) is 0 Å². The molecule has 0 nitrogen and oxygen atoms in total. The first kappa shape index (κ1) is 28.8. The second-order valence-corrected chi connectivity index (χ2v) is 13.8. The van der Waals surface area contributed by atoms with E-state index in [1.807, 2.05) is 6.07 Å². The average Bonchev–Trinajstić information content (AvgIpc) is 3.37. The predicted octanol–water partition coefficient (Wildman–Crippen LogP) is 1.95. The molecular weight excluding hydrogens is 546 g/mol. The van der Waals surface area contributed by atoms with Crippen LogP contribution >= 0.6 is 0 Å². The van der Waals surface area contributed by atoms with Crippen molar-refractivity contribution in [2.24, 2.45) is 29.1 Å². The minimum Gasteiger partial charge on any atom is -1.00 e. The Morgan fingerprint density at radius 2 is 1.46 bits per heavy atom. The summed E-state index contributed by atoms with van der Waals surface area (Å²) < 4.78 is 1.51. The molecule has 0 N–H and O–H groups in total. The maximum Gasteiger partial charge on any atom is -0.0253 e. The minimum absolute atomic E-state index is 0. The Bertz CT molecular complexity index is 1010. The maximum absolute atomic E-state index is 3.48. The van der Waals surface area contributed by atoms with E-state index in [1.54, 1.807) is 49.1 Å². The van der Waals surface area contributed by atoms with Crippen LogP contribution in [0.4, 0.5) is 0 Å². The molecule has 0 saturated heterocycles. The van der Waals surface area contributed by atoms with Gasteiger partial charge in [0.2, 0.25) is 0 Å². The first-order chi connectivity index (χ1) is 15.9. The van der Waals surface area contributed by atoms with Gasteiger partial charge in [-0.25, -0.2) is 6.08 Å². The Balaban J connectivity index is 0.000000165. The molecule has 2 aromatic carbocycles. The quantitative estimate of drug-likeness (QED) is 0.385. The molecule has 6 aliphatic rings. The van der Waals surface area contributed by atoms with Gasteiger partial charge in [0.1, 0.15) is 0 Å². The molecule has 0 aliphatic heterocycles. The summed E-state index contributed by atoms with van der Waals surface area (Å²) in [6.07, 6.45) is 18.5. The van der Waals surface area contributed by atoms with E-state index in [9.17, 15) is 0 Å². The molecule has 2 aromatic rings. The van der Waals surface area contributed by atoms with Crippen LogP contribution in [0, 0.1) is 41.2 Å². The summed E-state index contributed by atoms with van der Waals surface area (Å²) in [7, 11) is 0. The van der Waals surface area contributed by atoms with Crippen molar-refractivity contribution in [1.82, 2.24) is 0 Å². The van der Waals surface area contributed by atoms with Gasteiger partial charge in [-0.3, -0.25) is 6.08 Å². The fraction of sp³-hybridized carbons (Fsp3) is 0.469. The van der Waals surface area contributed by atoms with Gasteiger partial charge in [-0.15, -0.1) is 5.56 Å². The van der Waals surface area contributed by atoms with E-state index in [4.69, 9.17) is 0 Å². The van der Waals surface area contributed by atoms with Gasteiger partial charge in [0, 0.05) is 0 Å². The third-order valence-electron chi connectivity index (χ3n) is 8.20. The number of fused-ring (bicyclic) bond motifs is 3. The van der Waals surface area contributed by atoms with Gasteiger partial charge < -0.3 is 24.8 Å². The van der Waals surface area contributed by atoms with E-state index in [0.29, 0.717) is 11.3 Å². The van der Waals surface area contributed by atoms with Gasteiger partial charge in [0.25, 0.3) is 0 Å². The van der Waals surface area contributed by atoms with Crippen molar-refractivity contribution in [2.75, 3.05) is 0 Å². The molecule has 4 fully saturated rings. The SMILES string of the molecule is CC1[C-]=CC(C23CC4CC(CC(C4)C2)C3)=C1.C[C](C)=[Zr+2].[Cl-].[Cl-].[c-]1cccc2c1Cc1ccccc1-2. The van der Waals surface area contributed by atoms with Crippen molar-refractivity contribution in [1.29, 1.82) is 0 Å². The summed E-state index contributed by atoms with van der Waals surface area (Å²) in [5, 5.41) is 0. The molecule has 3 heteroatoms.